The number of hydrogen-bond donors (Lipinski definition) is 2. The number of ether oxygens (including phenoxy) is 1. The lowest BCUT2D eigenvalue weighted by molar-refractivity contribution is -0.675. The van der Waals surface area contributed by atoms with Crippen molar-refractivity contribution in [3.05, 3.63) is 56.5 Å². The lowest BCUT2D eigenvalue weighted by atomic mass is 10.1. The summed E-state index contributed by atoms with van der Waals surface area (Å²) in [6.45, 7) is 2.28. The first kappa shape index (κ1) is 22.6. The van der Waals surface area contributed by atoms with Crippen molar-refractivity contribution in [3.8, 4) is 5.75 Å². The number of aliphatic hydroxyl groups is 1. The summed E-state index contributed by atoms with van der Waals surface area (Å²) in [4.78, 5) is 28.6. The number of aromatic nitrogens is 4. The highest BCUT2D eigenvalue weighted by molar-refractivity contribution is 5.65. The van der Waals surface area contributed by atoms with E-state index in [1.54, 1.807) is 17.7 Å². The summed E-state index contributed by atoms with van der Waals surface area (Å²) in [6.07, 6.45) is -3.68. The number of fused-ring (bicyclic) bond motifs is 1. The number of H-pyrrole nitrogens is 1. The zero-order valence-electron chi connectivity index (χ0n) is 17.2. The number of nitrogens with one attached hydrogen (secondary N) is 1. The molecule has 3 rings (SSSR count). The maximum Gasteiger partial charge on any atom is 0.573 e. The standard InChI is InChI=1S/C20H23F3N4O4/c1-3-26-15(9-8-13-6-4-7-14(12-13)31-20(21,22)23)24-17-16(26)18(29)27(10-5-11-28)19(30)25(17)2/h4,6-7,12,28H,3,5,8-11H2,1-2H3/p+1. The van der Waals surface area contributed by atoms with Gasteiger partial charge in [-0.15, -0.1) is 13.2 Å². The van der Waals surface area contributed by atoms with Crippen LogP contribution in [0.1, 0.15) is 24.7 Å². The number of aryl methyl sites for hydroxylation is 4. The van der Waals surface area contributed by atoms with Gasteiger partial charge >= 0.3 is 17.6 Å². The highest BCUT2D eigenvalue weighted by Gasteiger charge is 2.31. The molecule has 2 aromatic heterocycles. The van der Waals surface area contributed by atoms with E-state index in [0.29, 0.717) is 41.9 Å². The molecule has 31 heavy (non-hydrogen) atoms. The van der Waals surface area contributed by atoms with E-state index in [2.05, 4.69) is 9.72 Å². The van der Waals surface area contributed by atoms with Crippen LogP contribution in [0, 0.1) is 0 Å². The lowest BCUT2D eigenvalue weighted by Crippen LogP contribution is -2.45. The predicted octanol–water partition coefficient (Wildman–Crippen LogP) is 1.40. The van der Waals surface area contributed by atoms with Gasteiger partial charge in [0.2, 0.25) is 0 Å². The monoisotopic (exact) mass is 441 g/mol. The summed E-state index contributed by atoms with van der Waals surface area (Å²) in [6, 6.07) is 5.74. The number of alkyl halides is 3. The third-order valence-corrected chi connectivity index (χ3v) is 5.02. The van der Waals surface area contributed by atoms with E-state index < -0.39 is 17.6 Å². The molecule has 0 saturated carbocycles. The van der Waals surface area contributed by atoms with Crippen molar-refractivity contribution in [1.82, 2.24) is 14.1 Å². The number of benzene rings is 1. The SMILES string of the molecule is CC[n+]1c(CCc2cccc(OC(F)(F)F)c2)[nH]c2c1c(=O)n(CCCO)c(=O)n2C. The van der Waals surface area contributed by atoms with Gasteiger partial charge in [0, 0.05) is 20.2 Å². The van der Waals surface area contributed by atoms with Crippen molar-refractivity contribution in [2.24, 2.45) is 7.05 Å². The molecule has 0 fully saturated rings. The van der Waals surface area contributed by atoms with Gasteiger partial charge < -0.3 is 9.84 Å². The zero-order valence-corrected chi connectivity index (χ0v) is 17.2. The van der Waals surface area contributed by atoms with E-state index in [1.807, 2.05) is 6.92 Å². The van der Waals surface area contributed by atoms with E-state index >= 15 is 0 Å². The normalized spacial score (nSPS) is 11.9. The minimum atomic E-state index is -4.76. The Morgan fingerprint density at radius 2 is 1.97 bits per heavy atom. The smallest absolute Gasteiger partial charge is 0.406 e. The Labute approximate surface area is 175 Å². The molecule has 0 unspecified atom stereocenters. The molecule has 11 heteroatoms. The molecule has 0 atom stereocenters. The number of hydrogen-bond acceptors (Lipinski definition) is 4. The van der Waals surface area contributed by atoms with Crippen LogP contribution in [0.4, 0.5) is 13.2 Å². The Morgan fingerprint density at radius 3 is 2.61 bits per heavy atom. The lowest BCUT2D eigenvalue weighted by Gasteiger charge is -2.09. The van der Waals surface area contributed by atoms with Gasteiger partial charge in [-0.25, -0.2) is 14.3 Å². The largest absolute Gasteiger partial charge is 0.573 e. The number of halogens is 3. The Balaban J connectivity index is 1.96. The summed E-state index contributed by atoms with van der Waals surface area (Å²) >= 11 is 0. The van der Waals surface area contributed by atoms with Gasteiger partial charge in [-0.05, 0) is 37.5 Å². The number of imidazole rings is 1. The van der Waals surface area contributed by atoms with Crippen LogP contribution < -0.4 is 20.6 Å². The molecule has 8 nitrogen and oxygen atoms in total. The molecule has 0 saturated heterocycles. The second-order valence-corrected chi connectivity index (χ2v) is 7.08. The van der Waals surface area contributed by atoms with E-state index in [0.717, 1.165) is 4.57 Å². The predicted molar refractivity (Wildman–Crippen MR) is 106 cm³/mol. The second-order valence-electron chi connectivity index (χ2n) is 7.08. The first-order valence-electron chi connectivity index (χ1n) is 9.86. The number of aromatic amines is 1. The number of aliphatic hydroxyl groups excluding tert-OH is 1. The van der Waals surface area contributed by atoms with Crippen LogP contribution in [0.3, 0.4) is 0 Å². The molecule has 1 aromatic carbocycles. The van der Waals surface area contributed by atoms with Crippen molar-refractivity contribution in [3.63, 3.8) is 0 Å². The number of rotatable bonds is 8. The second kappa shape index (κ2) is 8.96. The Bertz CT molecular complexity index is 1190. The average Bonchev–Trinajstić information content (AvgIpc) is 3.08. The summed E-state index contributed by atoms with van der Waals surface area (Å²) in [5.41, 5.74) is 0.417. The summed E-state index contributed by atoms with van der Waals surface area (Å²) in [5, 5.41) is 9.05. The molecule has 2 heterocycles. The minimum absolute atomic E-state index is 0.105. The van der Waals surface area contributed by atoms with Crippen LogP contribution in [0.25, 0.3) is 11.2 Å². The van der Waals surface area contributed by atoms with Crippen LogP contribution in [0.15, 0.2) is 33.9 Å². The molecule has 0 aliphatic carbocycles. The molecule has 3 aromatic rings. The van der Waals surface area contributed by atoms with Crippen LogP contribution in [-0.4, -0.2) is 32.2 Å². The fraction of sp³-hybridized carbons (Fsp3) is 0.450. The molecule has 0 amide bonds. The topological polar surface area (TPSA) is 93.1 Å². The van der Waals surface area contributed by atoms with E-state index in [9.17, 15) is 22.8 Å². The van der Waals surface area contributed by atoms with E-state index in [-0.39, 0.29) is 25.3 Å². The van der Waals surface area contributed by atoms with Gasteiger partial charge in [-0.3, -0.25) is 13.9 Å². The van der Waals surface area contributed by atoms with Gasteiger partial charge in [0.05, 0.1) is 13.0 Å². The van der Waals surface area contributed by atoms with Crippen molar-refractivity contribution in [2.75, 3.05) is 6.61 Å². The van der Waals surface area contributed by atoms with Crippen molar-refractivity contribution < 1.29 is 27.6 Å². The Hall–Kier alpha value is -3.08. The average molecular weight is 441 g/mol. The maximum absolute atomic E-state index is 13.0. The fourth-order valence-corrected chi connectivity index (χ4v) is 3.61. The molecular weight excluding hydrogens is 417 g/mol. The first-order chi connectivity index (χ1) is 14.7. The zero-order chi connectivity index (χ0) is 22.8. The minimum Gasteiger partial charge on any atom is -0.406 e. The third-order valence-electron chi connectivity index (χ3n) is 5.02. The molecule has 0 aliphatic rings. The van der Waals surface area contributed by atoms with Crippen LogP contribution in [0.5, 0.6) is 5.75 Å². The molecule has 0 radical (unpaired) electrons. The van der Waals surface area contributed by atoms with Gasteiger partial charge in [0.1, 0.15) is 5.75 Å². The molecule has 0 bridgehead atoms. The van der Waals surface area contributed by atoms with Crippen LogP contribution >= 0.6 is 0 Å². The van der Waals surface area contributed by atoms with Gasteiger partial charge in [-0.2, -0.15) is 0 Å². The highest BCUT2D eigenvalue weighted by Crippen LogP contribution is 2.23. The van der Waals surface area contributed by atoms with Crippen LogP contribution in [-0.2, 0) is 33.0 Å². The third kappa shape index (κ3) is 4.82. The Kier molecular flexibility index (Phi) is 6.54. The molecule has 168 valence electrons. The summed E-state index contributed by atoms with van der Waals surface area (Å²) in [7, 11) is 1.55. The summed E-state index contributed by atoms with van der Waals surface area (Å²) in [5.74, 6) is 0.380. The van der Waals surface area contributed by atoms with Gasteiger partial charge in [-0.1, -0.05) is 12.1 Å². The van der Waals surface area contributed by atoms with E-state index in [4.69, 9.17) is 5.11 Å². The van der Waals surface area contributed by atoms with Crippen molar-refractivity contribution >= 4 is 11.2 Å². The fourth-order valence-electron chi connectivity index (χ4n) is 3.61. The quantitative estimate of drug-likeness (QED) is 0.517. The molecular formula is C20H24F3N4O4+. The first-order valence-corrected chi connectivity index (χ1v) is 9.86. The van der Waals surface area contributed by atoms with Crippen molar-refractivity contribution in [1.29, 1.82) is 0 Å². The van der Waals surface area contributed by atoms with Crippen LogP contribution in [0.2, 0.25) is 0 Å². The van der Waals surface area contributed by atoms with Gasteiger partial charge in [0.25, 0.3) is 17.0 Å². The van der Waals surface area contributed by atoms with Crippen molar-refractivity contribution in [2.45, 2.75) is 45.6 Å². The molecule has 2 N–H and O–H groups in total. The highest BCUT2D eigenvalue weighted by atomic mass is 19.4. The summed E-state index contributed by atoms with van der Waals surface area (Å²) < 4.78 is 45.5. The van der Waals surface area contributed by atoms with Gasteiger partial charge in [0.15, 0.2) is 0 Å². The Morgan fingerprint density at radius 1 is 1.23 bits per heavy atom. The molecule has 0 spiro atoms. The maximum atomic E-state index is 13.0. The van der Waals surface area contributed by atoms with E-state index in [1.165, 1.54) is 22.8 Å². The number of nitrogens with zero attached hydrogens (tertiary/aromatic N) is 3. The molecule has 0 aliphatic heterocycles.